The number of carbonyl (C=O) groups is 3. The second-order valence-electron chi connectivity index (χ2n) is 7.98. The first-order valence-electron chi connectivity index (χ1n) is 9.45. The molecule has 2 amide bonds. The lowest BCUT2D eigenvalue weighted by Gasteiger charge is -2.33. The van der Waals surface area contributed by atoms with Crippen LogP contribution in [0.3, 0.4) is 0 Å². The van der Waals surface area contributed by atoms with Crippen LogP contribution in [0.15, 0.2) is 30.3 Å². The summed E-state index contributed by atoms with van der Waals surface area (Å²) in [6, 6.07) is 8.29. The van der Waals surface area contributed by atoms with Crippen molar-refractivity contribution in [1.82, 2.24) is 9.96 Å². The molecular formula is C20H26N2O6. The first-order chi connectivity index (χ1) is 13.2. The van der Waals surface area contributed by atoms with E-state index in [0.29, 0.717) is 13.0 Å². The molecule has 2 fully saturated rings. The highest BCUT2D eigenvalue weighted by Crippen LogP contribution is 2.31. The Morgan fingerprint density at radius 3 is 2.54 bits per heavy atom. The molecule has 0 saturated carbocycles. The van der Waals surface area contributed by atoms with E-state index in [0.717, 1.165) is 17.0 Å². The van der Waals surface area contributed by atoms with E-state index >= 15 is 0 Å². The van der Waals surface area contributed by atoms with Crippen LogP contribution in [0.5, 0.6) is 0 Å². The number of hydroxylamine groups is 2. The number of carbonyl (C=O) groups excluding carboxylic acids is 3. The van der Waals surface area contributed by atoms with Crippen molar-refractivity contribution in [2.24, 2.45) is 0 Å². The van der Waals surface area contributed by atoms with Gasteiger partial charge in [-0.2, -0.15) is 0 Å². The molecule has 2 heterocycles. The van der Waals surface area contributed by atoms with Gasteiger partial charge in [-0.3, -0.25) is 0 Å². The van der Waals surface area contributed by atoms with Crippen LogP contribution in [0.25, 0.3) is 0 Å². The standard InChI is InChI=1S/C20H26N2O6/c1-20(2,3)27-18(24)21-11-7-10-15(21)16-12-17(23)28-22(16)19(25)26-13-14-8-5-4-6-9-14/h4-6,8-9,15-16H,7,10-13H2,1-3H3/t15-,16-/m0/s1. The third-order valence-electron chi connectivity index (χ3n) is 4.63. The number of likely N-dealkylation sites (tertiary alicyclic amines) is 1. The first kappa shape index (κ1) is 20.0. The van der Waals surface area contributed by atoms with E-state index in [1.54, 1.807) is 25.7 Å². The van der Waals surface area contributed by atoms with Gasteiger partial charge < -0.3 is 19.2 Å². The Bertz CT molecular complexity index is 730. The second-order valence-corrected chi connectivity index (χ2v) is 7.98. The molecule has 0 aromatic heterocycles. The molecular weight excluding hydrogens is 364 g/mol. The smallest absolute Gasteiger partial charge is 0.444 e. The summed E-state index contributed by atoms with van der Waals surface area (Å²) >= 11 is 0. The molecule has 8 heteroatoms. The lowest BCUT2D eigenvalue weighted by atomic mass is 10.0. The summed E-state index contributed by atoms with van der Waals surface area (Å²) < 4.78 is 10.8. The van der Waals surface area contributed by atoms with Crippen molar-refractivity contribution in [3.05, 3.63) is 35.9 Å². The zero-order valence-corrected chi connectivity index (χ0v) is 16.4. The normalized spacial score (nSPS) is 22.2. The fourth-order valence-corrected chi connectivity index (χ4v) is 3.46. The van der Waals surface area contributed by atoms with Gasteiger partial charge in [-0.25, -0.2) is 14.4 Å². The number of ether oxygens (including phenoxy) is 2. The van der Waals surface area contributed by atoms with Gasteiger partial charge >= 0.3 is 18.2 Å². The predicted molar refractivity (Wildman–Crippen MR) is 98.9 cm³/mol. The summed E-state index contributed by atoms with van der Waals surface area (Å²) in [5, 5.41) is 0.971. The van der Waals surface area contributed by atoms with E-state index in [4.69, 9.17) is 14.3 Å². The van der Waals surface area contributed by atoms with Crippen molar-refractivity contribution in [3.8, 4) is 0 Å². The van der Waals surface area contributed by atoms with Crippen LogP contribution in [0.4, 0.5) is 9.59 Å². The molecule has 1 aromatic carbocycles. The highest BCUT2D eigenvalue weighted by atomic mass is 16.8. The van der Waals surface area contributed by atoms with E-state index in [1.807, 2.05) is 30.3 Å². The van der Waals surface area contributed by atoms with E-state index in [1.165, 1.54) is 0 Å². The number of benzene rings is 1. The van der Waals surface area contributed by atoms with Gasteiger partial charge in [0.2, 0.25) is 0 Å². The van der Waals surface area contributed by atoms with Crippen LogP contribution in [-0.2, 0) is 25.7 Å². The van der Waals surface area contributed by atoms with E-state index in [-0.39, 0.29) is 19.1 Å². The fraction of sp³-hybridized carbons (Fsp3) is 0.550. The van der Waals surface area contributed by atoms with Gasteiger partial charge in [0.05, 0.1) is 12.5 Å². The molecule has 8 nitrogen and oxygen atoms in total. The lowest BCUT2D eigenvalue weighted by Crippen LogP contribution is -2.50. The van der Waals surface area contributed by atoms with Gasteiger partial charge in [0.25, 0.3) is 0 Å². The number of nitrogens with zero attached hydrogens (tertiary/aromatic N) is 2. The van der Waals surface area contributed by atoms with Crippen LogP contribution in [0, 0.1) is 0 Å². The molecule has 0 aliphatic carbocycles. The second kappa shape index (κ2) is 8.08. The number of hydrogen-bond donors (Lipinski definition) is 0. The van der Waals surface area contributed by atoms with Crippen molar-refractivity contribution < 1.29 is 28.7 Å². The minimum atomic E-state index is -0.740. The third-order valence-corrected chi connectivity index (χ3v) is 4.63. The average Bonchev–Trinajstić information content (AvgIpc) is 3.25. The summed E-state index contributed by atoms with van der Waals surface area (Å²) in [4.78, 5) is 43.7. The molecule has 0 spiro atoms. The maximum absolute atomic E-state index is 12.5. The van der Waals surface area contributed by atoms with E-state index in [9.17, 15) is 14.4 Å². The Balaban J connectivity index is 1.67. The Kier molecular flexibility index (Phi) is 5.76. The molecule has 2 saturated heterocycles. The van der Waals surface area contributed by atoms with Crippen LogP contribution in [0.1, 0.15) is 45.6 Å². The summed E-state index contributed by atoms with van der Waals surface area (Å²) in [5.74, 6) is -0.516. The van der Waals surface area contributed by atoms with Gasteiger partial charge in [0.1, 0.15) is 18.2 Å². The Hall–Kier alpha value is -2.77. The molecule has 0 radical (unpaired) electrons. The monoisotopic (exact) mass is 390 g/mol. The molecule has 1 aromatic rings. The Morgan fingerprint density at radius 2 is 1.86 bits per heavy atom. The maximum atomic E-state index is 12.5. The average molecular weight is 390 g/mol. The van der Waals surface area contributed by atoms with Crippen molar-refractivity contribution >= 4 is 18.2 Å². The number of amides is 2. The number of rotatable bonds is 3. The molecule has 0 N–H and O–H groups in total. The molecule has 0 unspecified atom stereocenters. The minimum Gasteiger partial charge on any atom is -0.444 e. The van der Waals surface area contributed by atoms with Gasteiger partial charge in [0.15, 0.2) is 0 Å². The van der Waals surface area contributed by atoms with Crippen LogP contribution >= 0.6 is 0 Å². The highest BCUT2D eigenvalue weighted by molar-refractivity contribution is 5.78. The van der Waals surface area contributed by atoms with Gasteiger partial charge in [-0.15, -0.1) is 5.06 Å². The van der Waals surface area contributed by atoms with Crippen LogP contribution in [0.2, 0.25) is 0 Å². The topological polar surface area (TPSA) is 85.4 Å². The lowest BCUT2D eigenvalue weighted by molar-refractivity contribution is -0.169. The summed E-state index contributed by atoms with van der Waals surface area (Å²) in [6.07, 6.45) is 0.247. The molecule has 3 rings (SSSR count). The quantitative estimate of drug-likeness (QED) is 0.788. The SMILES string of the molecule is CC(C)(C)OC(=O)N1CCC[C@H]1[C@@H]1CC(=O)ON1C(=O)OCc1ccccc1. The van der Waals surface area contributed by atoms with E-state index in [2.05, 4.69) is 0 Å². The van der Waals surface area contributed by atoms with Crippen LogP contribution < -0.4 is 0 Å². The Labute approximate surface area is 164 Å². The predicted octanol–water partition coefficient (Wildman–Crippen LogP) is 3.26. The molecule has 152 valence electrons. The number of hydrogen-bond acceptors (Lipinski definition) is 6. The third kappa shape index (κ3) is 4.74. The van der Waals surface area contributed by atoms with E-state index < -0.39 is 29.8 Å². The summed E-state index contributed by atoms with van der Waals surface area (Å²) in [5.41, 5.74) is 0.203. The molecule has 28 heavy (non-hydrogen) atoms. The van der Waals surface area contributed by atoms with Gasteiger partial charge in [0, 0.05) is 6.54 Å². The van der Waals surface area contributed by atoms with Crippen molar-refractivity contribution in [1.29, 1.82) is 0 Å². The zero-order valence-electron chi connectivity index (χ0n) is 16.4. The first-order valence-corrected chi connectivity index (χ1v) is 9.45. The van der Waals surface area contributed by atoms with Crippen molar-refractivity contribution in [2.45, 2.75) is 64.3 Å². The van der Waals surface area contributed by atoms with Crippen molar-refractivity contribution in [3.63, 3.8) is 0 Å². The van der Waals surface area contributed by atoms with Crippen molar-refractivity contribution in [2.75, 3.05) is 6.54 Å². The largest absolute Gasteiger partial charge is 0.444 e. The highest BCUT2D eigenvalue weighted by Gasteiger charge is 2.48. The summed E-state index contributed by atoms with van der Waals surface area (Å²) in [6.45, 7) is 5.97. The minimum absolute atomic E-state index is 0.0183. The fourth-order valence-electron chi connectivity index (χ4n) is 3.46. The van der Waals surface area contributed by atoms with Gasteiger partial charge in [-0.1, -0.05) is 30.3 Å². The molecule has 2 atom stereocenters. The molecule has 2 aliphatic heterocycles. The zero-order chi connectivity index (χ0) is 20.3. The summed E-state index contributed by atoms with van der Waals surface area (Å²) in [7, 11) is 0. The van der Waals surface area contributed by atoms with Crippen LogP contribution in [-0.4, -0.2) is 52.3 Å². The molecule has 2 aliphatic rings. The Morgan fingerprint density at radius 1 is 1.14 bits per heavy atom. The van der Waals surface area contributed by atoms with Gasteiger partial charge in [-0.05, 0) is 39.2 Å². The molecule has 0 bridgehead atoms. The maximum Gasteiger partial charge on any atom is 0.444 e.